The third-order valence-electron chi connectivity index (χ3n) is 17.0. The molecule has 0 unspecified atom stereocenters. The lowest BCUT2D eigenvalue weighted by Crippen LogP contribution is -2.15. The minimum Gasteiger partial charge on any atom is -0.309 e. The van der Waals surface area contributed by atoms with Gasteiger partial charge >= 0.3 is 0 Å². The van der Waals surface area contributed by atoms with E-state index in [1.54, 1.807) is 0 Å². The fourth-order valence-electron chi connectivity index (χ4n) is 13.5. The zero-order valence-corrected chi connectivity index (χ0v) is 41.2. The van der Waals surface area contributed by atoms with E-state index in [0.29, 0.717) is 5.56 Å². The highest BCUT2D eigenvalue weighted by atomic mass is 15.0. The van der Waals surface area contributed by atoms with Gasteiger partial charge in [-0.1, -0.05) is 198 Å². The number of nitriles is 1. The van der Waals surface area contributed by atoms with Crippen molar-refractivity contribution < 1.29 is 0 Å². The largest absolute Gasteiger partial charge is 0.309 e. The van der Waals surface area contributed by atoms with Gasteiger partial charge in [0.2, 0.25) is 0 Å². The number of para-hydroxylation sites is 1. The van der Waals surface area contributed by atoms with Crippen LogP contribution < -0.4 is 0 Å². The molecule has 0 spiro atoms. The quantitative estimate of drug-likeness (QED) is 0.125. The summed E-state index contributed by atoms with van der Waals surface area (Å²) in [4.78, 5) is 0. The fraction of sp³-hybridized carbons (Fsp3) is 0.0845. The second-order valence-corrected chi connectivity index (χ2v) is 21.5. The number of hydrogen-bond donors (Lipinski definition) is 0. The number of fused-ring (bicyclic) bond motifs is 8. The Bertz CT molecular complexity index is 4540. The van der Waals surface area contributed by atoms with Gasteiger partial charge in [0, 0.05) is 32.7 Å². The Labute approximate surface area is 425 Å². The van der Waals surface area contributed by atoms with Gasteiger partial charge in [0.1, 0.15) is 0 Å². The van der Waals surface area contributed by atoms with E-state index in [1.165, 1.54) is 116 Å². The average molecular weight is 929 g/mol. The summed E-state index contributed by atoms with van der Waals surface area (Å²) in [6, 6.07) is 83.7. The van der Waals surface area contributed by atoms with Crippen LogP contribution in [0.2, 0.25) is 0 Å². The summed E-state index contributed by atoms with van der Waals surface area (Å²) >= 11 is 0. The van der Waals surface area contributed by atoms with Crippen molar-refractivity contribution in [3.8, 4) is 78.5 Å². The molecule has 13 aromatic rings. The van der Waals surface area contributed by atoms with E-state index in [2.05, 4.69) is 251 Å². The maximum atomic E-state index is 10.2. The molecule has 73 heavy (non-hydrogen) atoms. The van der Waals surface area contributed by atoms with Crippen LogP contribution >= 0.6 is 0 Å². The summed E-state index contributed by atoms with van der Waals surface area (Å²) in [5.74, 6) is 0. The summed E-state index contributed by atoms with van der Waals surface area (Å²) in [5, 5.41) is 19.7. The minimum absolute atomic E-state index is 0.119. The first-order valence-corrected chi connectivity index (χ1v) is 25.6. The molecule has 2 nitrogen and oxygen atoms in total. The molecule has 342 valence electrons. The van der Waals surface area contributed by atoms with Crippen LogP contribution in [0.15, 0.2) is 218 Å². The topological polar surface area (TPSA) is 28.7 Å². The van der Waals surface area contributed by atoms with Crippen molar-refractivity contribution in [1.29, 1.82) is 5.26 Å². The molecule has 2 aliphatic carbocycles. The van der Waals surface area contributed by atoms with Crippen molar-refractivity contribution in [3.05, 3.63) is 246 Å². The predicted octanol–water partition coefficient (Wildman–Crippen LogP) is 18.8. The lowest BCUT2D eigenvalue weighted by molar-refractivity contribution is 0.660. The molecule has 15 rings (SSSR count). The maximum absolute atomic E-state index is 10.2. The molecule has 2 heteroatoms. The molecular weight excluding hydrogens is 881 g/mol. The van der Waals surface area contributed by atoms with E-state index in [4.69, 9.17) is 0 Å². The van der Waals surface area contributed by atoms with Crippen molar-refractivity contribution in [3.63, 3.8) is 0 Å². The smallest absolute Gasteiger partial charge is 0.0998 e. The molecule has 0 saturated heterocycles. The summed E-state index contributed by atoms with van der Waals surface area (Å²) in [6.45, 7) is 9.51. The second kappa shape index (κ2) is 15.0. The third kappa shape index (κ3) is 5.74. The SMILES string of the molecule is CC1(C)c2ccccc2-c2ccc(-c3c4ccccc4c(-c4ccc5c(c4)C(C)(C)c4ccccc4-5)c4cc(-c5ccc(-c6ccc7c8c6ccc6c(C#N)ccc(c68)n7-c6ccccc6)cc5)ccc34)cc21. The second-order valence-electron chi connectivity index (χ2n) is 21.5. The van der Waals surface area contributed by atoms with E-state index in [-0.39, 0.29) is 10.8 Å². The molecule has 1 heterocycles. The summed E-state index contributed by atoms with van der Waals surface area (Å²) in [5.41, 5.74) is 24.4. The van der Waals surface area contributed by atoms with Crippen molar-refractivity contribution in [2.24, 2.45) is 0 Å². The van der Waals surface area contributed by atoms with Crippen LogP contribution in [0.3, 0.4) is 0 Å². The van der Waals surface area contributed by atoms with Crippen molar-refractivity contribution in [2.45, 2.75) is 38.5 Å². The zero-order chi connectivity index (χ0) is 48.9. The van der Waals surface area contributed by atoms with Gasteiger partial charge in [0.05, 0.1) is 22.7 Å². The maximum Gasteiger partial charge on any atom is 0.0998 e. The fourth-order valence-corrected chi connectivity index (χ4v) is 13.5. The van der Waals surface area contributed by atoms with Gasteiger partial charge in [-0.2, -0.15) is 5.26 Å². The average Bonchev–Trinajstić information content (AvgIpc) is 3.99. The first-order chi connectivity index (χ1) is 35.7. The van der Waals surface area contributed by atoms with E-state index < -0.39 is 0 Å². The van der Waals surface area contributed by atoms with Crippen molar-refractivity contribution in [2.75, 3.05) is 0 Å². The molecule has 0 fully saturated rings. The molecule has 0 saturated carbocycles. The molecule has 0 bridgehead atoms. The molecule has 2 aliphatic rings. The van der Waals surface area contributed by atoms with E-state index in [0.717, 1.165) is 33.1 Å². The Hall–Kier alpha value is -9.03. The predicted molar refractivity (Wildman–Crippen MR) is 306 cm³/mol. The Morgan fingerprint density at radius 1 is 0.329 bits per heavy atom. The Morgan fingerprint density at radius 3 is 1.41 bits per heavy atom. The van der Waals surface area contributed by atoms with Gasteiger partial charge in [-0.3, -0.25) is 0 Å². The normalized spacial score (nSPS) is 14.0. The van der Waals surface area contributed by atoms with E-state index in [9.17, 15) is 5.26 Å². The van der Waals surface area contributed by atoms with Gasteiger partial charge in [-0.25, -0.2) is 0 Å². The van der Waals surface area contributed by atoms with Gasteiger partial charge in [-0.05, 0) is 164 Å². The van der Waals surface area contributed by atoms with Gasteiger partial charge in [-0.15, -0.1) is 0 Å². The lowest BCUT2D eigenvalue weighted by atomic mass is 9.79. The Kier molecular flexibility index (Phi) is 8.57. The first-order valence-electron chi connectivity index (χ1n) is 25.6. The highest BCUT2D eigenvalue weighted by Crippen LogP contribution is 2.54. The van der Waals surface area contributed by atoms with Gasteiger partial charge in [0.25, 0.3) is 0 Å². The van der Waals surface area contributed by atoms with Crippen LogP contribution in [-0.4, -0.2) is 4.57 Å². The molecule has 0 radical (unpaired) electrons. The molecule has 12 aromatic carbocycles. The van der Waals surface area contributed by atoms with Gasteiger partial charge in [0.15, 0.2) is 0 Å². The highest BCUT2D eigenvalue weighted by Gasteiger charge is 2.37. The van der Waals surface area contributed by atoms with Gasteiger partial charge < -0.3 is 4.57 Å². The van der Waals surface area contributed by atoms with Crippen LogP contribution in [0, 0.1) is 11.3 Å². The number of aromatic nitrogens is 1. The molecule has 0 atom stereocenters. The van der Waals surface area contributed by atoms with Crippen LogP contribution in [-0.2, 0) is 10.8 Å². The summed E-state index contributed by atoms with van der Waals surface area (Å²) in [6.07, 6.45) is 0. The summed E-state index contributed by atoms with van der Waals surface area (Å²) < 4.78 is 2.34. The molecule has 0 N–H and O–H groups in total. The number of hydrogen-bond acceptors (Lipinski definition) is 1. The van der Waals surface area contributed by atoms with Crippen molar-refractivity contribution >= 4 is 54.1 Å². The van der Waals surface area contributed by atoms with E-state index >= 15 is 0 Å². The lowest BCUT2D eigenvalue weighted by Gasteiger charge is -2.24. The zero-order valence-electron chi connectivity index (χ0n) is 41.2. The monoisotopic (exact) mass is 928 g/mol. The molecular formula is C71H48N2. The number of nitrogens with zero attached hydrogens (tertiary/aromatic N) is 2. The molecule has 0 amide bonds. The number of benzene rings is 12. The standard InChI is InChI=1S/C71H48N2/c1-70(2)60-20-12-10-16-51(60)53-30-27-45(39-62(53)70)66-55-18-8-9-19-56(55)67(46-28-31-54-52-17-11-13-21-61(52)71(3,4)63(54)40-46)59-38-44(26-32-58(59)66)42-22-24-43(25-23-42)49-35-37-65-69-57(49)34-33-50-47(41-72)29-36-64(68(50)69)73(65)48-14-6-5-7-15-48/h5-40H,1-4H3. The van der Waals surface area contributed by atoms with Crippen LogP contribution in [0.4, 0.5) is 0 Å². The summed E-state index contributed by atoms with van der Waals surface area (Å²) in [7, 11) is 0. The highest BCUT2D eigenvalue weighted by molar-refractivity contribution is 6.27. The first kappa shape index (κ1) is 41.7. The van der Waals surface area contributed by atoms with Crippen LogP contribution in [0.5, 0.6) is 0 Å². The third-order valence-corrected chi connectivity index (χ3v) is 17.0. The molecule has 0 aliphatic heterocycles. The molecule has 1 aromatic heterocycles. The Balaban J connectivity index is 0.921. The van der Waals surface area contributed by atoms with Crippen LogP contribution in [0.25, 0.3) is 127 Å². The Morgan fingerprint density at radius 2 is 0.781 bits per heavy atom. The van der Waals surface area contributed by atoms with Crippen LogP contribution in [0.1, 0.15) is 55.5 Å². The number of rotatable bonds is 5. The van der Waals surface area contributed by atoms with E-state index in [1.807, 2.05) is 6.07 Å². The van der Waals surface area contributed by atoms with Crippen molar-refractivity contribution in [1.82, 2.24) is 4.57 Å². The minimum atomic E-state index is -0.130.